The van der Waals surface area contributed by atoms with E-state index in [2.05, 4.69) is 0 Å². The number of esters is 3. The Morgan fingerprint density at radius 3 is 2.23 bits per heavy atom. The summed E-state index contributed by atoms with van der Waals surface area (Å²) >= 11 is 0. The first-order valence-corrected chi connectivity index (χ1v) is 15.0. The van der Waals surface area contributed by atoms with Gasteiger partial charge in [0.2, 0.25) is 0 Å². The molecular formula is C34H42O9. The molecule has 1 heterocycles. The molecule has 2 saturated carbocycles. The van der Waals surface area contributed by atoms with Crippen LogP contribution in [-0.2, 0) is 33.3 Å². The van der Waals surface area contributed by atoms with Gasteiger partial charge < -0.3 is 24.1 Å². The third-order valence-corrected chi connectivity index (χ3v) is 10.3. The number of Topliss-reactive ketones (excluding diaryl/α,β-unsaturated/α-hetero) is 1. The summed E-state index contributed by atoms with van der Waals surface area (Å²) in [5, 5.41) is 11.9. The van der Waals surface area contributed by atoms with E-state index in [0.717, 1.165) is 0 Å². The number of aliphatic hydroxyl groups is 1. The third kappa shape index (κ3) is 4.85. The van der Waals surface area contributed by atoms with Gasteiger partial charge in [0.1, 0.15) is 24.4 Å². The Labute approximate surface area is 252 Å². The zero-order chi connectivity index (χ0) is 31.6. The number of benzene rings is 1. The zero-order valence-electron chi connectivity index (χ0n) is 26.1. The first-order chi connectivity index (χ1) is 20.1. The van der Waals surface area contributed by atoms with Crippen LogP contribution in [0.25, 0.3) is 0 Å². The Balaban J connectivity index is 1.62. The molecule has 0 amide bonds. The molecule has 232 valence electrons. The molecule has 1 N–H and O–H groups in total. The minimum atomic E-state index is -1.33. The van der Waals surface area contributed by atoms with E-state index >= 15 is 0 Å². The molecule has 0 aromatic heterocycles. The summed E-state index contributed by atoms with van der Waals surface area (Å²) in [6.45, 7) is 13.9. The van der Waals surface area contributed by atoms with Crippen molar-refractivity contribution in [1.29, 1.82) is 0 Å². The Kier molecular flexibility index (Phi) is 7.75. The van der Waals surface area contributed by atoms with Crippen molar-refractivity contribution in [1.82, 2.24) is 0 Å². The molecule has 1 aliphatic heterocycles. The molecule has 1 aromatic carbocycles. The molecule has 0 unspecified atom stereocenters. The zero-order valence-corrected chi connectivity index (χ0v) is 26.1. The van der Waals surface area contributed by atoms with E-state index in [1.165, 1.54) is 6.92 Å². The average molecular weight is 595 g/mol. The fourth-order valence-corrected chi connectivity index (χ4v) is 7.79. The average Bonchev–Trinajstić information content (AvgIpc) is 3.76. The van der Waals surface area contributed by atoms with Gasteiger partial charge in [-0.25, -0.2) is 9.59 Å². The normalized spacial score (nSPS) is 39.6. The van der Waals surface area contributed by atoms with Crippen LogP contribution in [0.1, 0.15) is 72.2 Å². The summed E-state index contributed by atoms with van der Waals surface area (Å²) in [5.41, 5.74) is -2.01. The van der Waals surface area contributed by atoms with Gasteiger partial charge in [-0.3, -0.25) is 9.59 Å². The van der Waals surface area contributed by atoms with Gasteiger partial charge in [0.25, 0.3) is 0 Å². The number of epoxide rings is 1. The quantitative estimate of drug-likeness (QED) is 0.174. The van der Waals surface area contributed by atoms with E-state index in [0.29, 0.717) is 23.1 Å². The van der Waals surface area contributed by atoms with Crippen molar-refractivity contribution >= 4 is 23.7 Å². The smallest absolute Gasteiger partial charge is 0.338 e. The van der Waals surface area contributed by atoms with Crippen molar-refractivity contribution in [2.45, 2.75) is 97.4 Å². The number of ether oxygens (including phenoxy) is 4. The van der Waals surface area contributed by atoms with Crippen LogP contribution in [0.15, 0.2) is 53.6 Å². The van der Waals surface area contributed by atoms with Crippen LogP contribution in [0.5, 0.6) is 0 Å². The topological polar surface area (TPSA) is 129 Å². The maximum Gasteiger partial charge on any atom is 0.338 e. The van der Waals surface area contributed by atoms with Gasteiger partial charge >= 0.3 is 17.9 Å². The van der Waals surface area contributed by atoms with Crippen LogP contribution >= 0.6 is 0 Å². The van der Waals surface area contributed by atoms with Crippen molar-refractivity contribution in [3.05, 3.63) is 59.2 Å². The van der Waals surface area contributed by atoms with Crippen molar-refractivity contribution in [2.24, 2.45) is 29.1 Å². The van der Waals surface area contributed by atoms with Gasteiger partial charge in [0.05, 0.1) is 11.5 Å². The predicted octanol–water partition coefficient (Wildman–Crippen LogP) is 4.37. The van der Waals surface area contributed by atoms with Crippen molar-refractivity contribution < 1.29 is 43.2 Å². The van der Waals surface area contributed by atoms with Crippen LogP contribution in [-0.4, -0.2) is 64.4 Å². The molecule has 9 heteroatoms. The number of allylic oxidation sites excluding steroid dienone is 1. The summed E-state index contributed by atoms with van der Waals surface area (Å²) < 4.78 is 24.3. The summed E-state index contributed by atoms with van der Waals surface area (Å²) in [6.07, 6.45) is -0.320. The van der Waals surface area contributed by atoms with Gasteiger partial charge in [0, 0.05) is 24.3 Å². The lowest BCUT2D eigenvalue weighted by molar-refractivity contribution is -0.154. The van der Waals surface area contributed by atoms with Gasteiger partial charge in [-0.1, -0.05) is 52.0 Å². The van der Waals surface area contributed by atoms with Gasteiger partial charge in [-0.05, 0) is 62.3 Å². The maximum absolute atomic E-state index is 14.4. The molecule has 3 fully saturated rings. The number of aliphatic hydroxyl groups excluding tert-OH is 1. The third-order valence-electron chi connectivity index (χ3n) is 10.3. The lowest BCUT2D eigenvalue weighted by atomic mass is 9.80. The number of carbonyl (C=O) groups excluding carboxylic acids is 4. The summed E-state index contributed by atoms with van der Waals surface area (Å²) in [5.74, 6) is -3.74. The minimum absolute atomic E-state index is 0.244. The number of fused-ring (bicyclic) bond motifs is 1. The fourth-order valence-electron chi connectivity index (χ4n) is 7.79. The Hall–Kier alpha value is -3.30. The molecule has 1 saturated heterocycles. The van der Waals surface area contributed by atoms with E-state index in [4.69, 9.17) is 18.9 Å². The number of hydrogen-bond acceptors (Lipinski definition) is 9. The fraction of sp³-hybridized carbons (Fsp3) is 0.588. The SMILES string of the molecule is CC=C(C)C(=O)O[C@H]1[C@@H](C)C[C@@]23O[C@@]12C=C(C)[C@@H](O)[C@@H](OC(=O)c1ccccc1)[C@H]1[C@@H]([C@@H](OC(C)=O)[C@@H](C)C3=O)C1(C)C. The maximum atomic E-state index is 14.4. The Morgan fingerprint density at radius 2 is 1.63 bits per heavy atom. The minimum Gasteiger partial charge on any atom is -0.461 e. The van der Waals surface area contributed by atoms with E-state index < -0.39 is 70.8 Å². The van der Waals surface area contributed by atoms with Crippen LogP contribution in [0.4, 0.5) is 0 Å². The van der Waals surface area contributed by atoms with Crippen LogP contribution < -0.4 is 0 Å². The van der Waals surface area contributed by atoms with Crippen LogP contribution in [0.3, 0.4) is 0 Å². The monoisotopic (exact) mass is 594 g/mol. The molecule has 10 atom stereocenters. The predicted molar refractivity (Wildman–Crippen MR) is 156 cm³/mol. The van der Waals surface area contributed by atoms with Crippen LogP contribution in [0, 0.1) is 29.1 Å². The van der Waals surface area contributed by atoms with Crippen LogP contribution in [0.2, 0.25) is 0 Å². The van der Waals surface area contributed by atoms with E-state index in [9.17, 15) is 24.3 Å². The number of rotatable bonds is 5. The first kappa shape index (κ1) is 31.1. The lowest BCUT2D eigenvalue weighted by Gasteiger charge is -2.28. The molecule has 1 aromatic rings. The standard InChI is InChI=1S/C34H42O9/c1-9-17(2)30(38)42-29-19(4)16-33-28(37)20(5)26(40-21(6)35)23-24(32(23,7)8)27(25(36)18(3)15-34(29,33)43-33)41-31(39)22-13-11-10-12-14-22/h9-15,19-20,23-27,29,36H,16H2,1-8H3/t19-,20+,23-,24+,25+,26-,27-,29-,33-,34-/m0/s1. The van der Waals surface area contributed by atoms with Crippen molar-refractivity contribution in [2.75, 3.05) is 0 Å². The second-order valence-electron chi connectivity index (χ2n) is 13.4. The summed E-state index contributed by atoms with van der Waals surface area (Å²) in [6, 6.07) is 8.52. The van der Waals surface area contributed by atoms with E-state index in [1.807, 2.05) is 20.8 Å². The van der Waals surface area contributed by atoms with Gasteiger partial charge in [0.15, 0.2) is 17.0 Å². The first-order valence-electron chi connectivity index (χ1n) is 15.0. The molecule has 4 aliphatic rings. The molecule has 0 bridgehead atoms. The highest BCUT2D eigenvalue weighted by Gasteiger charge is 2.84. The number of ketones is 1. The molecule has 43 heavy (non-hydrogen) atoms. The molecule has 5 rings (SSSR count). The van der Waals surface area contributed by atoms with Crippen molar-refractivity contribution in [3.63, 3.8) is 0 Å². The summed E-state index contributed by atoms with van der Waals surface area (Å²) in [4.78, 5) is 53.1. The Bertz CT molecular complexity index is 1390. The second kappa shape index (κ2) is 10.7. The highest BCUT2D eigenvalue weighted by molar-refractivity contribution is 5.96. The van der Waals surface area contributed by atoms with Gasteiger partial charge in [-0.2, -0.15) is 0 Å². The largest absolute Gasteiger partial charge is 0.461 e. The Morgan fingerprint density at radius 1 is 1.00 bits per heavy atom. The van der Waals surface area contributed by atoms with Gasteiger partial charge in [-0.15, -0.1) is 0 Å². The highest BCUT2D eigenvalue weighted by Crippen LogP contribution is 2.68. The molecular weight excluding hydrogens is 552 g/mol. The molecule has 9 nitrogen and oxygen atoms in total. The summed E-state index contributed by atoms with van der Waals surface area (Å²) in [7, 11) is 0. The second-order valence-corrected chi connectivity index (χ2v) is 13.4. The van der Waals surface area contributed by atoms with E-state index in [1.54, 1.807) is 70.2 Å². The highest BCUT2D eigenvalue weighted by atomic mass is 16.7. The number of carbonyl (C=O) groups is 4. The molecule has 0 spiro atoms. The lowest BCUT2D eigenvalue weighted by Crippen LogP contribution is -2.43. The van der Waals surface area contributed by atoms with Crippen molar-refractivity contribution in [3.8, 4) is 0 Å². The molecule has 3 aliphatic carbocycles. The molecule has 0 radical (unpaired) electrons. The number of hydrogen-bond donors (Lipinski definition) is 1. The van der Waals surface area contributed by atoms with E-state index in [-0.39, 0.29) is 17.6 Å².